The molecular formula is C17H17N3S. The van der Waals surface area contributed by atoms with Crippen LogP contribution in [0.5, 0.6) is 0 Å². The minimum Gasteiger partial charge on any atom is -0.301 e. The Morgan fingerprint density at radius 3 is 2.76 bits per heavy atom. The zero-order valence-electron chi connectivity index (χ0n) is 11.6. The van der Waals surface area contributed by atoms with Crippen molar-refractivity contribution < 1.29 is 0 Å². The first kappa shape index (κ1) is 13.8. The predicted octanol–water partition coefficient (Wildman–Crippen LogP) is 3.92. The van der Waals surface area contributed by atoms with Gasteiger partial charge in [-0.1, -0.05) is 43.0 Å². The van der Waals surface area contributed by atoms with Crippen LogP contribution >= 0.6 is 11.3 Å². The fourth-order valence-electron chi connectivity index (χ4n) is 2.27. The van der Waals surface area contributed by atoms with Gasteiger partial charge in [0, 0.05) is 29.4 Å². The van der Waals surface area contributed by atoms with Gasteiger partial charge >= 0.3 is 0 Å². The van der Waals surface area contributed by atoms with Gasteiger partial charge in [-0.15, -0.1) is 11.3 Å². The van der Waals surface area contributed by atoms with Crippen molar-refractivity contribution in [2.75, 3.05) is 0 Å². The van der Waals surface area contributed by atoms with Crippen molar-refractivity contribution in [3.05, 3.63) is 82.8 Å². The fraction of sp³-hybridized carbons (Fsp3) is 0.118. The number of nitrogens with zero attached hydrogens (tertiary/aromatic N) is 2. The number of thiophene rings is 1. The normalized spacial score (nSPS) is 12.2. The van der Waals surface area contributed by atoms with E-state index in [0.717, 1.165) is 12.1 Å². The van der Waals surface area contributed by atoms with Gasteiger partial charge in [-0.2, -0.15) is 5.10 Å². The number of hydrogen-bond acceptors (Lipinski definition) is 3. The van der Waals surface area contributed by atoms with Crippen LogP contribution in [0.3, 0.4) is 0 Å². The summed E-state index contributed by atoms with van der Waals surface area (Å²) in [6.45, 7) is 4.48. The summed E-state index contributed by atoms with van der Waals surface area (Å²) in [5.41, 5.74) is 2.42. The molecule has 0 saturated carbocycles. The number of benzene rings is 1. The van der Waals surface area contributed by atoms with E-state index < -0.39 is 0 Å². The van der Waals surface area contributed by atoms with Crippen molar-refractivity contribution in [1.29, 1.82) is 0 Å². The van der Waals surface area contributed by atoms with Gasteiger partial charge < -0.3 is 5.32 Å². The second-order valence-corrected chi connectivity index (χ2v) is 5.73. The van der Waals surface area contributed by atoms with Crippen LogP contribution in [-0.4, -0.2) is 9.78 Å². The molecule has 1 unspecified atom stereocenters. The zero-order chi connectivity index (χ0) is 14.5. The number of nitrogens with one attached hydrogen (secondary N) is 1. The van der Waals surface area contributed by atoms with E-state index in [-0.39, 0.29) is 6.04 Å². The Labute approximate surface area is 128 Å². The number of aromatic nitrogens is 2. The second kappa shape index (κ2) is 6.52. The summed E-state index contributed by atoms with van der Waals surface area (Å²) < 4.78 is 1.72. The number of rotatable bonds is 6. The molecular weight excluding hydrogens is 278 g/mol. The quantitative estimate of drug-likeness (QED) is 0.747. The van der Waals surface area contributed by atoms with Crippen molar-refractivity contribution in [2.24, 2.45) is 0 Å². The van der Waals surface area contributed by atoms with Crippen LogP contribution in [0, 0.1) is 0 Å². The van der Waals surface area contributed by atoms with Gasteiger partial charge in [0.15, 0.2) is 0 Å². The van der Waals surface area contributed by atoms with E-state index in [0.29, 0.717) is 0 Å². The average molecular weight is 295 g/mol. The molecule has 1 atom stereocenters. The molecule has 0 bridgehead atoms. The van der Waals surface area contributed by atoms with E-state index in [1.807, 2.05) is 18.5 Å². The molecule has 1 aromatic carbocycles. The van der Waals surface area contributed by atoms with Crippen LogP contribution < -0.4 is 5.32 Å². The SMILES string of the molecule is C=Cn1cc(CNC(c2ccccc2)c2cccs2)cn1. The highest BCUT2D eigenvalue weighted by Gasteiger charge is 2.14. The number of hydrogen-bond donors (Lipinski definition) is 1. The predicted molar refractivity (Wildman–Crippen MR) is 88.1 cm³/mol. The Balaban J connectivity index is 1.78. The Morgan fingerprint density at radius 2 is 2.10 bits per heavy atom. The molecule has 0 fully saturated rings. The third-order valence-corrected chi connectivity index (χ3v) is 4.25. The maximum atomic E-state index is 4.21. The lowest BCUT2D eigenvalue weighted by atomic mass is 10.1. The molecule has 0 aliphatic rings. The smallest absolute Gasteiger partial charge is 0.0673 e. The highest BCUT2D eigenvalue weighted by Crippen LogP contribution is 2.26. The van der Waals surface area contributed by atoms with Crippen molar-refractivity contribution in [3.8, 4) is 0 Å². The van der Waals surface area contributed by atoms with E-state index in [2.05, 4.69) is 58.8 Å². The van der Waals surface area contributed by atoms with Gasteiger partial charge in [0.25, 0.3) is 0 Å². The van der Waals surface area contributed by atoms with E-state index >= 15 is 0 Å². The van der Waals surface area contributed by atoms with E-state index in [1.165, 1.54) is 10.4 Å². The van der Waals surface area contributed by atoms with Crippen LogP contribution in [0.15, 0.2) is 66.8 Å². The maximum Gasteiger partial charge on any atom is 0.0673 e. The molecule has 0 aliphatic carbocycles. The molecule has 21 heavy (non-hydrogen) atoms. The lowest BCUT2D eigenvalue weighted by Crippen LogP contribution is -2.20. The van der Waals surface area contributed by atoms with Crippen molar-refractivity contribution >= 4 is 17.5 Å². The molecule has 3 aromatic rings. The summed E-state index contributed by atoms with van der Waals surface area (Å²) in [5, 5.41) is 9.94. The first-order valence-electron chi connectivity index (χ1n) is 6.84. The molecule has 0 aliphatic heterocycles. The highest BCUT2D eigenvalue weighted by molar-refractivity contribution is 7.10. The maximum absolute atomic E-state index is 4.21. The van der Waals surface area contributed by atoms with Crippen molar-refractivity contribution in [2.45, 2.75) is 12.6 Å². The average Bonchev–Trinajstić information content (AvgIpc) is 3.20. The standard InChI is InChI=1S/C17H17N3S/c1-2-20-13-14(12-19-20)11-18-17(16-9-6-10-21-16)15-7-4-3-5-8-15/h2-10,12-13,17-18H,1,11H2. The lowest BCUT2D eigenvalue weighted by Gasteiger charge is -2.17. The summed E-state index contributed by atoms with van der Waals surface area (Å²) in [6.07, 6.45) is 5.54. The second-order valence-electron chi connectivity index (χ2n) is 4.75. The molecule has 0 radical (unpaired) electrons. The Hall–Kier alpha value is -2.17. The zero-order valence-corrected chi connectivity index (χ0v) is 12.5. The molecule has 0 saturated heterocycles. The summed E-state index contributed by atoms with van der Waals surface area (Å²) in [7, 11) is 0. The molecule has 2 aromatic heterocycles. The fourth-order valence-corrected chi connectivity index (χ4v) is 3.10. The Bertz CT molecular complexity index is 686. The molecule has 0 amide bonds. The van der Waals surface area contributed by atoms with Crippen LogP contribution in [-0.2, 0) is 6.54 Å². The molecule has 4 heteroatoms. The summed E-state index contributed by atoms with van der Waals surface area (Å²) >= 11 is 1.77. The van der Waals surface area contributed by atoms with Gasteiger partial charge in [-0.25, -0.2) is 4.68 Å². The molecule has 3 nitrogen and oxygen atoms in total. The minimum absolute atomic E-state index is 0.207. The first-order valence-corrected chi connectivity index (χ1v) is 7.72. The third kappa shape index (κ3) is 3.29. The molecule has 3 rings (SSSR count). The van der Waals surface area contributed by atoms with Crippen LogP contribution in [0.25, 0.3) is 6.20 Å². The molecule has 0 spiro atoms. The van der Waals surface area contributed by atoms with Gasteiger partial charge in [-0.05, 0) is 17.0 Å². The van der Waals surface area contributed by atoms with E-state index in [4.69, 9.17) is 0 Å². The van der Waals surface area contributed by atoms with Gasteiger partial charge in [0.1, 0.15) is 0 Å². The van der Waals surface area contributed by atoms with Crippen LogP contribution in [0.4, 0.5) is 0 Å². The largest absolute Gasteiger partial charge is 0.301 e. The molecule has 106 valence electrons. The summed E-state index contributed by atoms with van der Waals surface area (Å²) in [6, 6.07) is 15.0. The van der Waals surface area contributed by atoms with Gasteiger partial charge in [0.2, 0.25) is 0 Å². The topological polar surface area (TPSA) is 29.9 Å². The van der Waals surface area contributed by atoms with E-state index in [9.17, 15) is 0 Å². The van der Waals surface area contributed by atoms with Gasteiger partial charge in [-0.3, -0.25) is 0 Å². The van der Waals surface area contributed by atoms with Crippen LogP contribution in [0.2, 0.25) is 0 Å². The highest BCUT2D eigenvalue weighted by atomic mass is 32.1. The monoisotopic (exact) mass is 295 g/mol. The Morgan fingerprint density at radius 1 is 1.24 bits per heavy atom. The third-order valence-electron chi connectivity index (χ3n) is 3.31. The van der Waals surface area contributed by atoms with Crippen LogP contribution in [0.1, 0.15) is 22.0 Å². The first-order chi connectivity index (χ1) is 10.4. The van der Waals surface area contributed by atoms with E-state index in [1.54, 1.807) is 22.2 Å². The van der Waals surface area contributed by atoms with Gasteiger partial charge in [0.05, 0.1) is 12.2 Å². The Kier molecular flexibility index (Phi) is 4.28. The lowest BCUT2D eigenvalue weighted by molar-refractivity contribution is 0.613. The minimum atomic E-state index is 0.207. The molecule has 1 N–H and O–H groups in total. The molecule has 2 heterocycles. The summed E-state index contributed by atoms with van der Waals surface area (Å²) in [5.74, 6) is 0. The van der Waals surface area contributed by atoms with Crippen molar-refractivity contribution in [1.82, 2.24) is 15.1 Å². The summed E-state index contributed by atoms with van der Waals surface area (Å²) in [4.78, 5) is 1.32. The van der Waals surface area contributed by atoms with Crippen molar-refractivity contribution in [3.63, 3.8) is 0 Å².